The van der Waals surface area contributed by atoms with Crippen LogP contribution in [0.5, 0.6) is 0 Å². The third-order valence-electron chi connectivity index (χ3n) is 5.57. The van der Waals surface area contributed by atoms with Crippen molar-refractivity contribution in [3.8, 4) is 0 Å². The average Bonchev–Trinajstić information content (AvgIpc) is 3.23. The van der Waals surface area contributed by atoms with Gasteiger partial charge in [-0.15, -0.1) is 0 Å². The summed E-state index contributed by atoms with van der Waals surface area (Å²) >= 11 is 0. The van der Waals surface area contributed by atoms with Gasteiger partial charge in [-0.05, 0) is 30.7 Å². The summed E-state index contributed by atoms with van der Waals surface area (Å²) in [5.74, 6) is -1.75. The maximum Gasteiger partial charge on any atom is 0.262 e. The van der Waals surface area contributed by atoms with Gasteiger partial charge in [0.1, 0.15) is 6.04 Å². The number of ether oxygens (including phenoxy) is 1. The molecule has 0 radical (unpaired) electrons. The molecule has 1 aromatic carbocycles. The van der Waals surface area contributed by atoms with Gasteiger partial charge in [0, 0.05) is 24.9 Å². The molecule has 3 heterocycles. The van der Waals surface area contributed by atoms with Gasteiger partial charge in [-0.1, -0.05) is 6.07 Å². The molecule has 28 heavy (non-hydrogen) atoms. The maximum absolute atomic E-state index is 12.8. The van der Waals surface area contributed by atoms with Crippen LogP contribution in [0.15, 0.2) is 18.2 Å². The molecule has 9 nitrogen and oxygen atoms in total. The number of nitrogens with zero attached hydrogens (tertiary/aromatic N) is 1. The molecule has 4 rings (SSSR count). The second-order valence-corrected chi connectivity index (χ2v) is 7.35. The highest BCUT2D eigenvalue weighted by Gasteiger charge is 2.44. The van der Waals surface area contributed by atoms with Crippen LogP contribution in [0, 0.1) is 5.92 Å². The molecule has 9 heteroatoms. The first kappa shape index (κ1) is 18.7. The Hall–Kier alpha value is -2.62. The zero-order valence-corrected chi connectivity index (χ0v) is 15.3. The fraction of sp³-hybridized carbons (Fsp3) is 0.474. The van der Waals surface area contributed by atoms with Crippen LogP contribution in [0.3, 0.4) is 0 Å². The number of benzene rings is 1. The van der Waals surface area contributed by atoms with Gasteiger partial charge in [-0.2, -0.15) is 0 Å². The van der Waals surface area contributed by atoms with Crippen LogP contribution in [0.25, 0.3) is 0 Å². The monoisotopic (exact) mass is 386 g/mol. The third kappa shape index (κ3) is 3.21. The largest absolute Gasteiger partial charge is 0.379 e. The lowest BCUT2D eigenvalue weighted by Crippen LogP contribution is -2.54. The van der Waals surface area contributed by atoms with Gasteiger partial charge in [0.15, 0.2) is 0 Å². The second kappa shape index (κ2) is 7.42. The van der Waals surface area contributed by atoms with Crippen molar-refractivity contribution in [2.75, 3.05) is 19.8 Å². The number of rotatable bonds is 5. The number of hydrogen-bond donors (Lipinski definition) is 3. The number of carbonyl (C=O) groups is 4. The van der Waals surface area contributed by atoms with Crippen LogP contribution in [0.1, 0.15) is 39.1 Å². The molecule has 2 fully saturated rings. The molecular weight excluding hydrogens is 364 g/mol. The molecule has 148 valence electrons. The minimum Gasteiger partial charge on any atom is -0.379 e. The van der Waals surface area contributed by atoms with E-state index in [1.165, 1.54) is 0 Å². The zero-order chi connectivity index (χ0) is 19.8. The van der Waals surface area contributed by atoms with Crippen LogP contribution in [-0.2, 0) is 20.9 Å². The number of fused-ring (bicyclic) bond motifs is 1. The number of imide groups is 2. The lowest BCUT2D eigenvalue weighted by molar-refractivity contribution is -0.136. The molecule has 1 aromatic rings. The van der Waals surface area contributed by atoms with Crippen molar-refractivity contribution >= 4 is 23.6 Å². The number of amides is 4. The fourth-order valence-corrected chi connectivity index (χ4v) is 3.93. The first-order chi connectivity index (χ1) is 13.5. The first-order valence-electron chi connectivity index (χ1n) is 9.35. The van der Waals surface area contributed by atoms with Crippen LogP contribution < -0.4 is 16.4 Å². The van der Waals surface area contributed by atoms with Crippen LogP contribution in [0.4, 0.5) is 0 Å². The standard InChI is InChI=1S/C19H22N4O5/c20-6-11-8-28-9-14(11)21-7-10-1-2-12-13(5-10)19(27)23(18(12)26)15-3-4-16(24)22-17(15)25/h1-2,5,11,14-15,21H,3-4,6-9,20H2,(H,22,24,25)/t11-,14-,15?/m1/s1. The molecule has 3 aliphatic heterocycles. The van der Waals surface area contributed by atoms with Crippen molar-refractivity contribution in [1.29, 1.82) is 0 Å². The van der Waals surface area contributed by atoms with E-state index in [9.17, 15) is 19.2 Å². The minimum atomic E-state index is -0.951. The summed E-state index contributed by atoms with van der Waals surface area (Å²) in [4.78, 5) is 49.9. The van der Waals surface area contributed by atoms with Gasteiger partial charge >= 0.3 is 0 Å². The summed E-state index contributed by atoms with van der Waals surface area (Å²) in [5.41, 5.74) is 7.16. The van der Waals surface area contributed by atoms with Crippen molar-refractivity contribution in [2.24, 2.45) is 11.7 Å². The predicted molar refractivity (Wildman–Crippen MR) is 97.1 cm³/mol. The van der Waals surface area contributed by atoms with Gasteiger partial charge in [-0.25, -0.2) is 0 Å². The Kier molecular flexibility index (Phi) is 4.96. The topological polar surface area (TPSA) is 131 Å². The van der Waals surface area contributed by atoms with Gasteiger partial charge < -0.3 is 15.8 Å². The average molecular weight is 386 g/mol. The fourth-order valence-electron chi connectivity index (χ4n) is 3.93. The van der Waals surface area contributed by atoms with Crippen LogP contribution >= 0.6 is 0 Å². The Bertz CT molecular complexity index is 855. The molecule has 1 unspecified atom stereocenters. The normalized spacial score (nSPS) is 27.3. The quantitative estimate of drug-likeness (QED) is 0.562. The molecule has 4 amide bonds. The van der Waals surface area contributed by atoms with Crippen molar-refractivity contribution in [3.05, 3.63) is 34.9 Å². The van der Waals surface area contributed by atoms with Gasteiger partial charge in [0.25, 0.3) is 11.8 Å². The second-order valence-electron chi connectivity index (χ2n) is 7.35. The van der Waals surface area contributed by atoms with E-state index in [1.54, 1.807) is 18.2 Å². The Morgan fingerprint density at radius 2 is 1.93 bits per heavy atom. The summed E-state index contributed by atoms with van der Waals surface area (Å²) in [6.45, 7) is 2.27. The van der Waals surface area contributed by atoms with E-state index in [0.29, 0.717) is 26.3 Å². The molecule has 0 aromatic heterocycles. The maximum atomic E-state index is 12.8. The van der Waals surface area contributed by atoms with E-state index < -0.39 is 29.7 Å². The Morgan fingerprint density at radius 1 is 1.14 bits per heavy atom. The summed E-state index contributed by atoms with van der Waals surface area (Å²) in [5, 5.41) is 5.58. The highest BCUT2D eigenvalue weighted by molar-refractivity contribution is 6.23. The third-order valence-corrected chi connectivity index (χ3v) is 5.57. The van der Waals surface area contributed by atoms with Crippen molar-refractivity contribution in [3.63, 3.8) is 0 Å². The molecule has 3 aliphatic rings. The Morgan fingerprint density at radius 3 is 2.68 bits per heavy atom. The number of hydrogen-bond acceptors (Lipinski definition) is 7. The van der Waals surface area contributed by atoms with E-state index in [2.05, 4.69) is 10.6 Å². The molecular formula is C19H22N4O5. The highest BCUT2D eigenvalue weighted by Crippen LogP contribution is 2.28. The lowest BCUT2D eigenvalue weighted by atomic mass is 10.0. The number of carbonyl (C=O) groups excluding carboxylic acids is 4. The molecule has 2 saturated heterocycles. The first-order valence-corrected chi connectivity index (χ1v) is 9.35. The summed E-state index contributed by atoms with van der Waals surface area (Å²) in [7, 11) is 0. The predicted octanol–water partition coefficient (Wildman–Crippen LogP) is -0.849. The van der Waals surface area contributed by atoms with Gasteiger partial charge in [0.2, 0.25) is 11.8 Å². The van der Waals surface area contributed by atoms with E-state index in [0.717, 1.165) is 10.5 Å². The Labute approximate surface area is 161 Å². The minimum absolute atomic E-state index is 0.102. The molecule has 0 aliphatic carbocycles. The van der Waals surface area contributed by atoms with Crippen molar-refractivity contribution in [2.45, 2.75) is 31.5 Å². The number of piperidine rings is 1. The molecule has 0 spiro atoms. The molecule has 0 saturated carbocycles. The molecule has 3 atom stereocenters. The van der Waals surface area contributed by atoms with E-state index in [4.69, 9.17) is 10.5 Å². The summed E-state index contributed by atoms with van der Waals surface area (Å²) < 4.78 is 5.44. The summed E-state index contributed by atoms with van der Waals surface area (Å²) in [6, 6.07) is 4.28. The molecule has 0 bridgehead atoms. The zero-order valence-electron chi connectivity index (χ0n) is 15.3. The number of nitrogens with one attached hydrogen (secondary N) is 2. The van der Waals surface area contributed by atoms with Gasteiger partial charge in [0.05, 0.1) is 24.3 Å². The Balaban J connectivity index is 1.49. The van der Waals surface area contributed by atoms with Crippen molar-refractivity contribution < 1.29 is 23.9 Å². The van der Waals surface area contributed by atoms with Crippen LogP contribution in [0.2, 0.25) is 0 Å². The smallest absolute Gasteiger partial charge is 0.262 e. The highest BCUT2D eigenvalue weighted by atomic mass is 16.5. The van der Waals surface area contributed by atoms with E-state index in [1.807, 2.05) is 0 Å². The number of nitrogens with two attached hydrogens (primary N) is 1. The van der Waals surface area contributed by atoms with Crippen LogP contribution in [-0.4, -0.2) is 60.4 Å². The summed E-state index contributed by atoms with van der Waals surface area (Å²) in [6.07, 6.45) is 0.247. The molecule has 4 N–H and O–H groups in total. The lowest BCUT2D eigenvalue weighted by Gasteiger charge is -2.27. The van der Waals surface area contributed by atoms with Crippen molar-refractivity contribution in [1.82, 2.24) is 15.5 Å². The SMILES string of the molecule is NC[C@@H]1COC[C@H]1NCc1ccc2c(c1)C(=O)N(C1CCC(=O)NC1=O)C2=O. The van der Waals surface area contributed by atoms with Gasteiger partial charge in [-0.3, -0.25) is 29.4 Å². The van der Waals surface area contributed by atoms with E-state index >= 15 is 0 Å². The van der Waals surface area contributed by atoms with E-state index in [-0.39, 0.29) is 35.9 Å².